The summed E-state index contributed by atoms with van der Waals surface area (Å²) in [6, 6.07) is 13.2. The lowest BCUT2D eigenvalue weighted by atomic mass is 10.1. The third kappa shape index (κ3) is 5.58. The fourth-order valence-electron chi connectivity index (χ4n) is 3.33. The van der Waals surface area contributed by atoms with Crippen molar-refractivity contribution in [3.8, 4) is 11.5 Å². The summed E-state index contributed by atoms with van der Waals surface area (Å²) in [6.45, 7) is 6.28. The number of ether oxygens (including phenoxy) is 3. The Morgan fingerprint density at radius 1 is 1.03 bits per heavy atom. The number of rotatable bonds is 8. The average molecular weight is 412 g/mol. The van der Waals surface area contributed by atoms with Gasteiger partial charge in [-0.25, -0.2) is 5.43 Å². The molecule has 1 aliphatic heterocycles. The first-order chi connectivity index (χ1) is 14.6. The predicted molar refractivity (Wildman–Crippen MR) is 116 cm³/mol. The Hall–Kier alpha value is -2.90. The molecule has 0 aromatic heterocycles. The lowest BCUT2D eigenvalue weighted by molar-refractivity contribution is 0.0342. The van der Waals surface area contributed by atoms with E-state index in [-0.39, 0.29) is 5.91 Å². The summed E-state index contributed by atoms with van der Waals surface area (Å²) >= 11 is 0. The van der Waals surface area contributed by atoms with Crippen molar-refractivity contribution in [3.05, 3.63) is 59.2 Å². The van der Waals surface area contributed by atoms with Crippen molar-refractivity contribution < 1.29 is 19.0 Å². The quantitative estimate of drug-likeness (QED) is 0.534. The zero-order valence-corrected chi connectivity index (χ0v) is 17.8. The van der Waals surface area contributed by atoms with E-state index in [1.165, 1.54) is 5.56 Å². The molecule has 1 N–H and O–H groups in total. The van der Waals surface area contributed by atoms with Crippen LogP contribution in [0, 0.1) is 0 Å². The number of hydrazone groups is 1. The molecule has 1 saturated heterocycles. The van der Waals surface area contributed by atoms with Crippen molar-refractivity contribution in [3.63, 3.8) is 0 Å². The van der Waals surface area contributed by atoms with Crippen LogP contribution in [-0.2, 0) is 11.3 Å². The van der Waals surface area contributed by atoms with Gasteiger partial charge in [0.1, 0.15) is 0 Å². The molecule has 0 saturated carbocycles. The van der Waals surface area contributed by atoms with Crippen LogP contribution in [0.4, 0.5) is 0 Å². The summed E-state index contributed by atoms with van der Waals surface area (Å²) in [5, 5.41) is 4.33. The van der Waals surface area contributed by atoms with Crippen LogP contribution in [-0.4, -0.2) is 57.0 Å². The van der Waals surface area contributed by atoms with Crippen LogP contribution in [0.5, 0.6) is 11.5 Å². The average Bonchev–Trinajstić information content (AvgIpc) is 2.80. The van der Waals surface area contributed by atoms with Gasteiger partial charge in [0.05, 0.1) is 33.1 Å². The predicted octanol–water partition coefficient (Wildman–Crippen LogP) is 3.08. The lowest BCUT2D eigenvalue weighted by Gasteiger charge is -2.26. The molecule has 7 nitrogen and oxygen atoms in total. The van der Waals surface area contributed by atoms with Gasteiger partial charge in [-0.3, -0.25) is 9.69 Å². The van der Waals surface area contributed by atoms with Crippen molar-refractivity contribution in [2.75, 3.05) is 40.5 Å². The highest BCUT2D eigenvalue weighted by atomic mass is 16.5. The monoisotopic (exact) mass is 411 g/mol. The van der Waals surface area contributed by atoms with Crippen molar-refractivity contribution in [1.82, 2.24) is 10.3 Å². The molecular weight excluding hydrogens is 382 g/mol. The van der Waals surface area contributed by atoms with Gasteiger partial charge in [0.15, 0.2) is 11.5 Å². The third-order valence-corrected chi connectivity index (χ3v) is 5.07. The van der Waals surface area contributed by atoms with Gasteiger partial charge < -0.3 is 14.2 Å². The van der Waals surface area contributed by atoms with E-state index < -0.39 is 0 Å². The van der Waals surface area contributed by atoms with Gasteiger partial charge in [-0.05, 0) is 42.3 Å². The fourth-order valence-corrected chi connectivity index (χ4v) is 3.33. The molecule has 0 unspecified atom stereocenters. The van der Waals surface area contributed by atoms with Crippen LogP contribution in [0.2, 0.25) is 0 Å². The molecule has 160 valence electrons. The molecule has 1 heterocycles. The second-order valence-corrected chi connectivity index (χ2v) is 7.01. The van der Waals surface area contributed by atoms with Gasteiger partial charge in [-0.15, -0.1) is 0 Å². The SMILES string of the molecule is CC/C(=N/NC(=O)c1ccc(CN2CCOCC2)cc1)c1ccc(OC)c(OC)c1. The van der Waals surface area contributed by atoms with E-state index >= 15 is 0 Å². The van der Waals surface area contributed by atoms with Crippen LogP contribution in [0.3, 0.4) is 0 Å². The summed E-state index contributed by atoms with van der Waals surface area (Å²) in [5.74, 6) is 1.04. The van der Waals surface area contributed by atoms with E-state index in [1.807, 2.05) is 49.4 Å². The highest BCUT2D eigenvalue weighted by molar-refractivity contribution is 6.02. The van der Waals surface area contributed by atoms with Gasteiger partial charge in [-0.1, -0.05) is 19.1 Å². The smallest absolute Gasteiger partial charge is 0.271 e. The molecular formula is C23H29N3O4. The molecule has 0 spiro atoms. The highest BCUT2D eigenvalue weighted by Gasteiger charge is 2.12. The molecule has 1 amide bonds. The molecule has 0 bridgehead atoms. The molecule has 0 radical (unpaired) electrons. The number of amides is 1. The van der Waals surface area contributed by atoms with E-state index in [9.17, 15) is 4.79 Å². The maximum atomic E-state index is 12.5. The van der Waals surface area contributed by atoms with Crippen LogP contribution in [0.1, 0.15) is 34.8 Å². The van der Waals surface area contributed by atoms with Gasteiger partial charge in [0.25, 0.3) is 5.91 Å². The zero-order valence-electron chi connectivity index (χ0n) is 17.8. The van der Waals surface area contributed by atoms with Gasteiger partial charge in [0.2, 0.25) is 0 Å². The summed E-state index contributed by atoms with van der Waals surface area (Å²) in [6.07, 6.45) is 0.661. The Kier molecular flexibility index (Phi) is 7.82. The van der Waals surface area contributed by atoms with E-state index in [2.05, 4.69) is 15.4 Å². The van der Waals surface area contributed by atoms with E-state index in [0.717, 1.165) is 44.1 Å². The Morgan fingerprint density at radius 3 is 2.33 bits per heavy atom. The van der Waals surface area contributed by atoms with Crippen molar-refractivity contribution >= 4 is 11.6 Å². The van der Waals surface area contributed by atoms with Crippen LogP contribution >= 0.6 is 0 Å². The van der Waals surface area contributed by atoms with Crippen LogP contribution in [0.25, 0.3) is 0 Å². The molecule has 7 heteroatoms. The van der Waals surface area contributed by atoms with E-state index in [1.54, 1.807) is 14.2 Å². The summed E-state index contributed by atoms with van der Waals surface area (Å²) in [7, 11) is 3.19. The first-order valence-electron chi connectivity index (χ1n) is 10.1. The van der Waals surface area contributed by atoms with Crippen molar-refractivity contribution in [1.29, 1.82) is 0 Å². The van der Waals surface area contributed by atoms with Gasteiger partial charge in [0, 0.05) is 30.8 Å². The number of nitrogens with zero attached hydrogens (tertiary/aromatic N) is 2. The number of hydrogen-bond donors (Lipinski definition) is 1. The molecule has 3 rings (SSSR count). The maximum absolute atomic E-state index is 12.5. The molecule has 1 fully saturated rings. The number of nitrogens with one attached hydrogen (secondary N) is 1. The molecule has 0 aliphatic carbocycles. The van der Waals surface area contributed by atoms with Crippen LogP contribution < -0.4 is 14.9 Å². The summed E-state index contributed by atoms with van der Waals surface area (Å²) < 4.78 is 16.0. The lowest BCUT2D eigenvalue weighted by Crippen LogP contribution is -2.35. The number of morpholine rings is 1. The Morgan fingerprint density at radius 2 is 1.70 bits per heavy atom. The Labute approximate surface area is 177 Å². The minimum Gasteiger partial charge on any atom is -0.493 e. The number of carbonyl (C=O) groups is 1. The second-order valence-electron chi connectivity index (χ2n) is 7.01. The highest BCUT2D eigenvalue weighted by Crippen LogP contribution is 2.28. The minimum atomic E-state index is -0.237. The van der Waals surface area contributed by atoms with Crippen LogP contribution in [0.15, 0.2) is 47.6 Å². The van der Waals surface area contributed by atoms with E-state index in [4.69, 9.17) is 14.2 Å². The molecule has 1 aliphatic rings. The Bertz CT molecular complexity index is 875. The van der Waals surface area contributed by atoms with Crippen molar-refractivity contribution in [2.45, 2.75) is 19.9 Å². The largest absolute Gasteiger partial charge is 0.493 e. The molecule has 2 aromatic rings. The zero-order chi connectivity index (χ0) is 21.3. The van der Waals surface area contributed by atoms with Crippen molar-refractivity contribution in [2.24, 2.45) is 5.10 Å². The number of methoxy groups -OCH3 is 2. The third-order valence-electron chi connectivity index (χ3n) is 5.07. The van der Waals surface area contributed by atoms with Gasteiger partial charge >= 0.3 is 0 Å². The first kappa shape index (κ1) is 21.8. The topological polar surface area (TPSA) is 72.4 Å². The molecule has 2 aromatic carbocycles. The Balaban J connectivity index is 1.64. The van der Waals surface area contributed by atoms with E-state index in [0.29, 0.717) is 23.5 Å². The second kappa shape index (κ2) is 10.8. The normalized spacial score (nSPS) is 15.0. The molecule has 0 atom stereocenters. The van der Waals surface area contributed by atoms with Gasteiger partial charge in [-0.2, -0.15) is 5.10 Å². The summed E-state index contributed by atoms with van der Waals surface area (Å²) in [4.78, 5) is 14.9. The standard InChI is InChI=1S/C23H29N3O4/c1-4-20(19-9-10-21(28-2)22(15-19)29-3)24-25-23(27)18-7-5-17(6-8-18)16-26-11-13-30-14-12-26/h5-10,15H,4,11-14,16H2,1-3H3,(H,25,27)/b24-20-. The first-order valence-corrected chi connectivity index (χ1v) is 10.1. The number of benzene rings is 2. The minimum absolute atomic E-state index is 0.237. The summed E-state index contributed by atoms with van der Waals surface area (Å²) in [5.41, 5.74) is 6.05. The number of hydrogen-bond acceptors (Lipinski definition) is 6. The number of carbonyl (C=O) groups excluding carboxylic acids is 1. The maximum Gasteiger partial charge on any atom is 0.271 e. The molecule has 30 heavy (non-hydrogen) atoms. The fraction of sp³-hybridized carbons (Fsp3) is 0.391.